The standard InChI is InChI=1S/C15H25NO3/c1-7-19-15(2,3)14(16-4)12-10-11(17-5)8-9-13(12)18-6/h8-10,14,16H,7H2,1-6H3. The third kappa shape index (κ3) is 3.61. The summed E-state index contributed by atoms with van der Waals surface area (Å²) in [6.07, 6.45) is 0. The minimum atomic E-state index is -0.344. The van der Waals surface area contributed by atoms with Gasteiger partial charge >= 0.3 is 0 Å². The van der Waals surface area contributed by atoms with E-state index in [-0.39, 0.29) is 11.6 Å². The summed E-state index contributed by atoms with van der Waals surface area (Å²) in [4.78, 5) is 0. The Balaban J connectivity index is 3.22. The normalized spacial score (nSPS) is 13.2. The van der Waals surface area contributed by atoms with Crippen molar-refractivity contribution in [1.29, 1.82) is 0 Å². The fraction of sp³-hybridized carbons (Fsp3) is 0.600. The van der Waals surface area contributed by atoms with E-state index in [1.807, 2.05) is 32.2 Å². The second-order valence-corrected chi connectivity index (χ2v) is 4.87. The van der Waals surface area contributed by atoms with Crippen molar-refractivity contribution >= 4 is 0 Å². The average molecular weight is 267 g/mol. The first kappa shape index (κ1) is 15.8. The molecule has 0 amide bonds. The van der Waals surface area contributed by atoms with Gasteiger partial charge in [0.25, 0.3) is 0 Å². The Bertz CT molecular complexity index is 404. The Hall–Kier alpha value is -1.26. The van der Waals surface area contributed by atoms with Gasteiger partial charge in [-0.15, -0.1) is 0 Å². The van der Waals surface area contributed by atoms with Crippen LogP contribution in [0.3, 0.4) is 0 Å². The fourth-order valence-electron chi connectivity index (χ4n) is 2.40. The highest BCUT2D eigenvalue weighted by atomic mass is 16.5. The molecule has 1 atom stereocenters. The van der Waals surface area contributed by atoms with Gasteiger partial charge in [-0.1, -0.05) is 0 Å². The van der Waals surface area contributed by atoms with Gasteiger partial charge in [0.05, 0.1) is 25.9 Å². The number of hydrogen-bond acceptors (Lipinski definition) is 4. The van der Waals surface area contributed by atoms with Crippen molar-refractivity contribution < 1.29 is 14.2 Å². The third-order valence-corrected chi connectivity index (χ3v) is 3.25. The van der Waals surface area contributed by atoms with Gasteiger partial charge in [-0.05, 0) is 46.0 Å². The number of methoxy groups -OCH3 is 2. The Morgan fingerprint density at radius 1 is 1.21 bits per heavy atom. The molecule has 0 aliphatic carbocycles. The van der Waals surface area contributed by atoms with Crippen LogP contribution >= 0.6 is 0 Å². The molecule has 0 bridgehead atoms. The molecule has 1 unspecified atom stereocenters. The molecule has 0 aromatic heterocycles. The van der Waals surface area contributed by atoms with Crippen LogP contribution in [0.25, 0.3) is 0 Å². The molecule has 108 valence electrons. The lowest BCUT2D eigenvalue weighted by Gasteiger charge is -2.35. The highest BCUT2D eigenvalue weighted by Gasteiger charge is 2.32. The van der Waals surface area contributed by atoms with Crippen LogP contribution in [0.4, 0.5) is 0 Å². The molecule has 0 spiro atoms. The van der Waals surface area contributed by atoms with Gasteiger partial charge in [0, 0.05) is 12.2 Å². The first-order valence-electron chi connectivity index (χ1n) is 6.53. The van der Waals surface area contributed by atoms with Crippen LogP contribution in [0.2, 0.25) is 0 Å². The van der Waals surface area contributed by atoms with Gasteiger partial charge < -0.3 is 19.5 Å². The first-order chi connectivity index (χ1) is 9.00. The quantitative estimate of drug-likeness (QED) is 0.824. The largest absolute Gasteiger partial charge is 0.497 e. The molecule has 0 aliphatic rings. The van der Waals surface area contributed by atoms with Crippen molar-refractivity contribution in [2.24, 2.45) is 0 Å². The first-order valence-corrected chi connectivity index (χ1v) is 6.53. The zero-order valence-corrected chi connectivity index (χ0v) is 12.7. The third-order valence-electron chi connectivity index (χ3n) is 3.25. The number of likely N-dealkylation sites (N-methyl/N-ethyl adjacent to an activating group) is 1. The minimum absolute atomic E-state index is 0.0116. The predicted octanol–water partition coefficient (Wildman–Crippen LogP) is 2.78. The summed E-state index contributed by atoms with van der Waals surface area (Å²) >= 11 is 0. The van der Waals surface area contributed by atoms with Crippen LogP contribution in [-0.2, 0) is 4.74 Å². The number of rotatable bonds is 7. The van der Waals surface area contributed by atoms with E-state index in [1.54, 1.807) is 14.2 Å². The van der Waals surface area contributed by atoms with Crippen LogP contribution in [0.1, 0.15) is 32.4 Å². The van der Waals surface area contributed by atoms with E-state index in [4.69, 9.17) is 14.2 Å². The number of hydrogen-bond donors (Lipinski definition) is 1. The van der Waals surface area contributed by atoms with Gasteiger partial charge in [-0.3, -0.25) is 0 Å². The Morgan fingerprint density at radius 3 is 2.37 bits per heavy atom. The van der Waals surface area contributed by atoms with E-state index in [2.05, 4.69) is 19.2 Å². The maximum Gasteiger partial charge on any atom is 0.124 e. The zero-order chi connectivity index (χ0) is 14.5. The zero-order valence-electron chi connectivity index (χ0n) is 12.7. The molecule has 0 saturated heterocycles. The lowest BCUT2D eigenvalue weighted by Crippen LogP contribution is -2.40. The molecule has 1 N–H and O–H groups in total. The monoisotopic (exact) mass is 267 g/mol. The average Bonchev–Trinajstić information content (AvgIpc) is 2.39. The Morgan fingerprint density at radius 2 is 1.89 bits per heavy atom. The molecule has 0 aliphatic heterocycles. The van der Waals surface area contributed by atoms with Gasteiger partial charge in [-0.25, -0.2) is 0 Å². The summed E-state index contributed by atoms with van der Waals surface area (Å²) in [5.74, 6) is 1.64. The summed E-state index contributed by atoms with van der Waals surface area (Å²) in [7, 11) is 5.25. The fourth-order valence-corrected chi connectivity index (χ4v) is 2.40. The lowest BCUT2D eigenvalue weighted by atomic mass is 9.90. The van der Waals surface area contributed by atoms with Gasteiger partial charge in [0.2, 0.25) is 0 Å². The van der Waals surface area contributed by atoms with Crippen molar-refractivity contribution in [3.63, 3.8) is 0 Å². The predicted molar refractivity (Wildman–Crippen MR) is 77.1 cm³/mol. The van der Waals surface area contributed by atoms with Crippen LogP contribution in [0.5, 0.6) is 11.5 Å². The van der Waals surface area contributed by atoms with Gasteiger partial charge in [0.15, 0.2) is 0 Å². The highest BCUT2D eigenvalue weighted by Crippen LogP contribution is 2.36. The molecular formula is C15H25NO3. The molecule has 0 saturated carbocycles. The van der Waals surface area contributed by atoms with Crippen LogP contribution in [0.15, 0.2) is 18.2 Å². The highest BCUT2D eigenvalue weighted by molar-refractivity contribution is 5.43. The molecule has 4 heteroatoms. The topological polar surface area (TPSA) is 39.7 Å². The van der Waals surface area contributed by atoms with E-state index < -0.39 is 0 Å². The molecular weight excluding hydrogens is 242 g/mol. The van der Waals surface area contributed by atoms with Crippen LogP contribution in [0, 0.1) is 0 Å². The Kier molecular flexibility index (Phi) is 5.63. The van der Waals surface area contributed by atoms with Crippen molar-refractivity contribution in [3.05, 3.63) is 23.8 Å². The molecule has 0 radical (unpaired) electrons. The van der Waals surface area contributed by atoms with Crippen molar-refractivity contribution in [1.82, 2.24) is 5.32 Å². The smallest absolute Gasteiger partial charge is 0.124 e. The second kappa shape index (κ2) is 6.78. The van der Waals surface area contributed by atoms with Gasteiger partial charge in [-0.2, -0.15) is 0 Å². The second-order valence-electron chi connectivity index (χ2n) is 4.87. The SMILES string of the molecule is CCOC(C)(C)C(NC)c1cc(OC)ccc1OC. The summed E-state index contributed by atoms with van der Waals surface area (Å²) in [6, 6.07) is 5.81. The van der Waals surface area contributed by atoms with Gasteiger partial charge in [0.1, 0.15) is 11.5 Å². The number of nitrogens with one attached hydrogen (secondary N) is 1. The summed E-state index contributed by atoms with van der Waals surface area (Å²) < 4.78 is 16.6. The van der Waals surface area contributed by atoms with Crippen molar-refractivity contribution in [3.8, 4) is 11.5 Å². The van der Waals surface area contributed by atoms with E-state index in [0.717, 1.165) is 17.1 Å². The maximum atomic E-state index is 5.85. The molecule has 19 heavy (non-hydrogen) atoms. The van der Waals surface area contributed by atoms with Crippen molar-refractivity contribution in [2.45, 2.75) is 32.4 Å². The van der Waals surface area contributed by atoms with Crippen LogP contribution < -0.4 is 14.8 Å². The van der Waals surface area contributed by atoms with E-state index >= 15 is 0 Å². The Labute approximate surface area is 116 Å². The molecule has 1 aromatic carbocycles. The number of ether oxygens (including phenoxy) is 3. The summed E-state index contributed by atoms with van der Waals surface area (Å²) in [6.45, 7) is 6.79. The molecule has 4 nitrogen and oxygen atoms in total. The van der Waals surface area contributed by atoms with E-state index in [9.17, 15) is 0 Å². The van der Waals surface area contributed by atoms with E-state index in [0.29, 0.717) is 6.61 Å². The molecule has 0 fully saturated rings. The minimum Gasteiger partial charge on any atom is -0.497 e. The van der Waals surface area contributed by atoms with Crippen LogP contribution in [-0.4, -0.2) is 33.5 Å². The number of benzene rings is 1. The molecule has 0 heterocycles. The summed E-state index contributed by atoms with van der Waals surface area (Å²) in [5.41, 5.74) is 0.686. The molecule has 1 aromatic rings. The maximum absolute atomic E-state index is 5.85. The summed E-state index contributed by atoms with van der Waals surface area (Å²) in [5, 5.41) is 3.31. The van der Waals surface area contributed by atoms with Crippen molar-refractivity contribution in [2.75, 3.05) is 27.9 Å². The van der Waals surface area contributed by atoms with E-state index in [1.165, 1.54) is 0 Å². The molecule has 1 rings (SSSR count). The lowest BCUT2D eigenvalue weighted by molar-refractivity contribution is -0.0379.